The van der Waals surface area contributed by atoms with Crippen LogP contribution in [0, 0.1) is 0 Å². The number of rotatable bonds is 4. The Morgan fingerprint density at radius 3 is 2.52 bits per heavy atom. The standard InChI is InChI=1S/C18H20ClN5O/c19-15-3-1-14(2-4-15)16-13-21-17(18-20-5-6-24(16)18)23-9-7-22(8-10-23)11-12-25/h1-6,13,25H,7-12H2. The molecule has 3 aromatic rings. The minimum absolute atomic E-state index is 0.207. The molecule has 1 aromatic carbocycles. The monoisotopic (exact) mass is 357 g/mol. The third kappa shape index (κ3) is 3.20. The summed E-state index contributed by atoms with van der Waals surface area (Å²) in [5, 5.41) is 9.80. The summed E-state index contributed by atoms with van der Waals surface area (Å²) >= 11 is 6.00. The van der Waals surface area contributed by atoms with Crippen molar-refractivity contribution in [1.82, 2.24) is 19.3 Å². The molecule has 0 bridgehead atoms. The van der Waals surface area contributed by atoms with E-state index < -0.39 is 0 Å². The van der Waals surface area contributed by atoms with Crippen molar-refractivity contribution in [2.75, 3.05) is 44.2 Å². The lowest BCUT2D eigenvalue weighted by molar-refractivity contribution is 0.188. The summed E-state index contributed by atoms with van der Waals surface area (Å²) in [5.74, 6) is 0.909. The molecule has 0 radical (unpaired) electrons. The van der Waals surface area contributed by atoms with Gasteiger partial charge in [0, 0.05) is 55.7 Å². The Balaban J connectivity index is 1.65. The molecule has 0 saturated carbocycles. The largest absolute Gasteiger partial charge is 0.395 e. The van der Waals surface area contributed by atoms with E-state index in [1.54, 1.807) is 0 Å². The highest BCUT2D eigenvalue weighted by molar-refractivity contribution is 6.30. The Labute approximate surface area is 151 Å². The van der Waals surface area contributed by atoms with Gasteiger partial charge in [0.1, 0.15) is 0 Å². The predicted octanol–water partition coefficient (Wildman–Crippen LogP) is 2.16. The summed E-state index contributed by atoms with van der Waals surface area (Å²) in [4.78, 5) is 13.8. The molecular weight excluding hydrogens is 338 g/mol. The van der Waals surface area contributed by atoms with Crippen LogP contribution in [-0.2, 0) is 0 Å². The second kappa shape index (κ2) is 7.00. The quantitative estimate of drug-likeness (QED) is 0.775. The Morgan fingerprint density at radius 2 is 1.80 bits per heavy atom. The number of piperazine rings is 1. The number of aliphatic hydroxyl groups is 1. The average molecular weight is 358 g/mol. The lowest BCUT2D eigenvalue weighted by atomic mass is 10.1. The third-order valence-corrected chi connectivity index (χ3v) is 4.89. The highest BCUT2D eigenvalue weighted by Crippen LogP contribution is 2.26. The summed E-state index contributed by atoms with van der Waals surface area (Å²) in [6.07, 6.45) is 5.67. The first-order valence-electron chi connectivity index (χ1n) is 8.42. The fourth-order valence-electron chi connectivity index (χ4n) is 3.29. The van der Waals surface area contributed by atoms with Gasteiger partial charge in [0.2, 0.25) is 0 Å². The first-order valence-corrected chi connectivity index (χ1v) is 8.80. The molecule has 1 N–H and O–H groups in total. The fourth-order valence-corrected chi connectivity index (χ4v) is 3.41. The van der Waals surface area contributed by atoms with Crippen LogP contribution in [0.15, 0.2) is 42.9 Å². The summed E-state index contributed by atoms with van der Waals surface area (Å²) in [5.41, 5.74) is 2.91. The van der Waals surface area contributed by atoms with Crippen LogP contribution in [-0.4, -0.2) is 63.7 Å². The number of imidazole rings is 1. The molecule has 1 aliphatic rings. The molecule has 1 aliphatic heterocycles. The topological polar surface area (TPSA) is 56.9 Å². The van der Waals surface area contributed by atoms with E-state index in [9.17, 15) is 0 Å². The number of hydrogen-bond acceptors (Lipinski definition) is 5. The van der Waals surface area contributed by atoms with E-state index in [0.717, 1.165) is 60.5 Å². The van der Waals surface area contributed by atoms with Crippen LogP contribution in [0.25, 0.3) is 16.9 Å². The molecule has 4 rings (SSSR count). The van der Waals surface area contributed by atoms with Crippen LogP contribution in [0.2, 0.25) is 5.02 Å². The molecule has 0 aliphatic carbocycles. The zero-order chi connectivity index (χ0) is 17.2. The van der Waals surface area contributed by atoms with Gasteiger partial charge < -0.3 is 10.0 Å². The van der Waals surface area contributed by atoms with E-state index in [1.807, 2.05) is 42.9 Å². The number of fused-ring (bicyclic) bond motifs is 1. The Hall–Kier alpha value is -2.15. The number of β-amino-alcohol motifs (C(OH)–C–C–N with tert-alkyl or cyclic N) is 1. The van der Waals surface area contributed by atoms with E-state index in [4.69, 9.17) is 21.7 Å². The SMILES string of the molecule is OCCN1CCN(c2ncc(-c3ccc(Cl)cc3)n3ccnc23)CC1. The molecule has 0 atom stereocenters. The normalized spacial score (nSPS) is 15.8. The first-order chi connectivity index (χ1) is 12.3. The Morgan fingerprint density at radius 1 is 1.04 bits per heavy atom. The molecule has 2 aromatic heterocycles. The van der Waals surface area contributed by atoms with Crippen molar-refractivity contribution in [1.29, 1.82) is 0 Å². The van der Waals surface area contributed by atoms with E-state index in [2.05, 4.69) is 19.2 Å². The predicted molar refractivity (Wildman–Crippen MR) is 99.2 cm³/mol. The molecule has 3 heterocycles. The van der Waals surface area contributed by atoms with Crippen molar-refractivity contribution in [2.24, 2.45) is 0 Å². The maximum atomic E-state index is 9.08. The summed E-state index contributed by atoms with van der Waals surface area (Å²) < 4.78 is 2.08. The third-order valence-electron chi connectivity index (χ3n) is 4.64. The number of benzene rings is 1. The Bertz CT molecular complexity index is 856. The van der Waals surface area contributed by atoms with Crippen LogP contribution < -0.4 is 4.90 Å². The minimum Gasteiger partial charge on any atom is -0.395 e. The molecule has 1 saturated heterocycles. The molecule has 6 nitrogen and oxygen atoms in total. The summed E-state index contributed by atoms with van der Waals surface area (Å²) in [6.45, 7) is 4.56. The van der Waals surface area contributed by atoms with Crippen molar-refractivity contribution in [3.05, 3.63) is 47.9 Å². The van der Waals surface area contributed by atoms with Gasteiger partial charge in [0.05, 0.1) is 18.5 Å². The van der Waals surface area contributed by atoms with Gasteiger partial charge in [0.25, 0.3) is 0 Å². The van der Waals surface area contributed by atoms with Crippen molar-refractivity contribution in [3.63, 3.8) is 0 Å². The van der Waals surface area contributed by atoms with Gasteiger partial charge in [-0.3, -0.25) is 9.30 Å². The zero-order valence-corrected chi connectivity index (χ0v) is 14.6. The first kappa shape index (κ1) is 16.3. The van der Waals surface area contributed by atoms with Gasteiger partial charge in [-0.2, -0.15) is 0 Å². The smallest absolute Gasteiger partial charge is 0.180 e. The van der Waals surface area contributed by atoms with Crippen molar-refractivity contribution in [3.8, 4) is 11.3 Å². The van der Waals surface area contributed by atoms with Crippen LogP contribution in [0.1, 0.15) is 0 Å². The minimum atomic E-state index is 0.207. The second-order valence-corrected chi connectivity index (χ2v) is 6.58. The van der Waals surface area contributed by atoms with Crippen molar-refractivity contribution < 1.29 is 5.11 Å². The molecule has 1 fully saturated rings. The van der Waals surface area contributed by atoms with Crippen LogP contribution in [0.4, 0.5) is 5.82 Å². The second-order valence-electron chi connectivity index (χ2n) is 6.15. The number of aliphatic hydroxyl groups excluding tert-OH is 1. The van der Waals surface area contributed by atoms with Gasteiger partial charge in [-0.05, 0) is 12.1 Å². The molecule has 7 heteroatoms. The highest BCUT2D eigenvalue weighted by atomic mass is 35.5. The summed E-state index contributed by atoms with van der Waals surface area (Å²) in [7, 11) is 0. The number of nitrogens with zero attached hydrogens (tertiary/aromatic N) is 5. The average Bonchev–Trinajstić information content (AvgIpc) is 3.13. The molecule has 0 amide bonds. The Kier molecular flexibility index (Phi) is 4.57. The number of anilines is 1. The van der Waals surface area contributed by atoms with Gasteiger partial charge in [-0.25, -0.2) is 9.97 Å². The fraction of sp³-hybridized carbons (Fsp3) is 0.333. The highest BCUT2D eigenvalue weighted by Gasteiger charge is 2.21. The van der Waals surface area contributed by atoms with Crippen molar-refractivity contribution in [2.45, 2.75) is 0 Å². The van der Waals surface area contributed by atoms with Crippen LogP contribution in [0.3, 0.4) is 0 Å². The lowest BCUT2D eigenvalue weighted by Crippen LogP contribution is -2.47. The van der Waals surface area contributed by atoms with Crippen LogP contribution >= 0.6 is 11.6 Å². The van der Waals surface area contributed by atoms with Gasteiger partial charge >= 0.3 is 0 Å². The van der Waals surface area contributed by atoms with E-state index in [-0.39, 0.29) is 6.61 Å². The maximum absolute atomic E-state index is 9.08. The molecular formula is C18H20ClN5O. The van der Waals surface area contributed by atoms with Crippen molar-refractivity contribution >= 4 is 23.1 Å². The van der Waals surface area contributed by atoms with E-state index >= 15 is 0 Å². The van der Waals surface area contributed by atoms with Gasteiger partial charge in [-0.15, -0.1) is 0 Å². The summed E-state index contributed by atoms with van der Waals surface area (Å²) in [6, 6.07) is 7.75. The number of aromatic nitrogens is 3. The lowest BCUT2D eigenvalue weighted by Gasteiger charge is -2.35. The van der Waals surface area contributed by atoms with E-state index in [1.165, 1.54) is 0 Å². The van der Waals surface area contributed by atoms with Crippen LogP contribution in [0.5, 0.6) is 0 Å². The number of halogens is 1. The molecule has 0 unspecified atom stereocenters. The van der Waals surface area contributed by atoms with Gasteiger partial charge in [0.15, 0.2) is 11.5 Å². The zero-order valence-electron chi connectivity index (χ0n) is 13.8. The molecule has 130 valence electrons. The van der Waals surface area contributed by atoms with E-state index in [0.29, 0.717) is 0 Å². The van der Waals surface area contributed by atoms with Gasteiger partial charge in [-0.1, -0.05) is 23.7 Å². The number of hydrogen-bond donors (Lipinski definition) is 1. The molecule has 0 spiro atoms. The maximum Gasteiger partial charge on any atom is 0.180 e. The molecule has 25 heavy (non-hydrogen) atoms.